The molecule has 0 saturated carbocycles. The van der Waals surface area contributed by atoms with Crippen molar-refractivity contribution in [1.82, 2.24) is 15.3 Å². The molecule has 104 valence electrons. The molecule has 0 saturated heterocycles. The second-order valence-corrected chi connectivity index (χ2v) is 4.50. The molecule has 0 bridgehead atoms. The minimum Gasteiger partial charge on any atom is -0.478 e. The zero-order valence-electron chi connectivity index (χ0n) is 10.6. The van der Waals surface area contributed by atoms with E-state index in [1.807, 2.05) is 0 Å². The minimum absolute atomic E-state index is 0.218. The summed E-state index contributed by atoms with van der Waals surface area (Å²) in [6.07, 6.45) is 4.16. The van der Waals surface area contributed by atoms with Gasteiger partial charge in [0.05, 0.1) is 11.9 Å². The lowest BCUT2D eigenvalue weighted by Gasteiger charge is -2.10. The van der Waals surface area contributed by atoms with Crippen LogP contribution in [0.1, 0.15) is 16.1 Å². The molecule has 1 aromatic carbocycles. The van der Waals surface area contributed by atoms with Crippen LogP contribution in [0.25, 0.3) is 0 Å². The van der Waals surface area contributed by atoms with Crippen molar-refractivity contribution in [2.24, 2.45) is 0 Å². The normalized spacial score (nSPS) is 10.0. The highest BCUT2D eigenvalue weighted by Crippen LogP contribution is 2.10. The van der Waals surface area contributed by atoms with Gasteiger partial charge >= 0.3 is 5.97 Å². The fourth-order valence-electron chi connectivity index (χ4n) is 1.64. The Labute approximate surface area is 121 Å². The molecule has 4 N–H and O–H groups in total. The number of aromatic nitrogens is 2. The van der Waals surface area contributed by atoms with Gasteiger partial charge in [-0.05, 0) is 30.4 Å². The van der Waals surface area contributed by atoms with Gasteiger partial charge < -0.3 is 20.7 Å². The first-order chi connectivity index (χ1) is 9.65. The Hall–Kier alpha value is -2.41. The first-order valence-corrected chi connectivity index (χ1v) is 6.41. The number of carboxylic acids is 1. The highest BCUT2D eigenvalue weighted by molar-refractivity contribution is 7.80. The second-order valence-electron chi connectivity index (χ2n) is 4.09. The number of nitrogens with one attached hydrogen (secondary N) is 3. The fraction of sp³-hybridized carbons (Fsp3) is 0.154. The van der Waals surface area contributed by atoms with E-state index in [-0.39, 0.29) is 5.56 Å². The van der Waals surface area contributed by atoms with Crippen LogP contribution in [0.2, 0.25) is 0 Å². The summed E-state index contributed by atoms with van der Waals surface area (Å²) < 4.78 is 0. The highest BCUT2D eigenvalue weighted by atomic mass is 32.1. The summed E-state index contributed by atoms with van der Waals surface area (Å²) in [5, 5.41) is 15.3. The van der Waals surface area contributed by atoms with Gasteiger partial charge in [-0.25, -0.2) is 9.78 Å². The standard InChI is InChI=1S/C13H14N4O2S/c18-12(19)9-2-1-3-10(6-9)17-13(20)15-5-4-11-7-14-8-16-11/h1-3,6-8H,4-5H2,(H,14,16)(H,18,19)(H2,15,17,20). The van der Waals surface area contributed by atoms with Gasteiger partial charge in [-0.15, -0.1) is 0 Å². The number of H-pyrrole nitrogens is 1. The van der Waals surface area contributed by atoms with Crippen molar-refractivity contribution in [1.29, 1.82) is 0 Å². The van der Waals surface area contributed by atoms with E-state index in [0.29, 0.717) is 17.3 Å². The molecule has 0 spiro atoms. The number of carboxylic acid groups (broad SMARTS) is 1. The third-order valence-corrected chi connectivity index (χ3v) is 2.85. The predicted molar refractivity (Wildman–Crippen MR) is 79.9 cm³/mol. The Bertz CT molecular complexity index is 598. The number of carbonyl (C=O) groups is 1. The van der Waals surface area contributed by atoms with Crippen LogP contribution in [-0.4, -0.2) is 32.7 Å². The van der Waals surface area contributed by atoms with E-state index in [9.17, 15) is 4.79 Å². The van der Waals surface area contributed by atoms with Gasteiger partial charge in [0.1, 0.15) is 0 Å². The van der Waals surface area contributed by atoms with Crippen molar-refractivity contribution < 1.29 is 9.90 Å². The summed E-state index contributed by atoms with van der Waals surface area (Å²) in [4.78, 5) is 17.8. The zero-order valence-corrected chi connectivity index (χ0v) is 11.4. The van der Waals surface area contributed by atoms with Crippen LogP contribution in [-0.2, 0) is 6.42 Å². The second kappa shape index (κ2) is 6.67. The van der Waals surface area contributed by atoms with Gasteiger partial charge in [-0.1, -0.05) is 6.07 Å². The van der Waals surface area contributed by atoms with Crippen LogP contribution >= 0.6 is 12.2 Å². The van der Waals surface area contributed by atoms with Crippen LogP contribution in [0.15, 0.2) is 36.8 Å². The summed E-state index contributed by atoms with van der Waals surface area (Å²) in [5.74, 6) is -0.966. The fourth-order valence-corrected chi connectivity index (χ4v) is 1.86. The summed E-state index contributed by atoms with van der Waals surface area (Å²) in [6.45, 7) is 0.659. The Kier molecular flexibility index (Phi) is 4.67. The average Bonchev–Trinajstić information content (AvgIpc) is 2.92. The van der Waals surface area contributed by atoms with Crippen molar-refractivity contribution in [2.45, 2.75) is 6.42 Å². The van der Waals surface area contributed by atoms with Gasteiger partial charge in [-0.3, -0.25) is 0 Å². The number of benzene rings is 1. The van der Waals surface area contributed by atoms with Crippen molar-refractivity contribution >= 4 is 29.0 Å². The van der Waals surface area contributed by atoms with Gasteiger partial charge in [0.15, 0.2) is 5.11 Å². The number of aromatic carboxylic acids is 1. The largest absolute Gasteiger partial charge is 0.478 e. The van der Waals surface area contributed by atoms with Gasteiger partial charge in [-0.2, -0.15) is 0 Å². The Balaban J connectivity index is 1.82. The van der Waals surface area contributed by atoms with E-state index in [2.05, 4.69) is 20.6 Å². The van der Waals surface area contributed by atoms with Gasteiger partial charge in [0, 0.05) is 30.5 Å². The molecule has 0 atom stereocenters. The number of nitrogens with zero attached hydrogens (tertiary/aromatic N) is 1. The molecule has 0 aliphatic carbocycles. The van der Waals surface area contributed by atoms with E-state index >= 15 is 0 Å². The van der Waals surface area contributed by atoms with Crippen LogP contribution in [0.3, 0.4) is 0 Å². The first-order valence-electron chi connectivity index (χ1n) is 6.00. The van der Waals surface area contributed by atoms with E-state index in [1.54, 1.807) is 24.7 Å². The number of hydrogen-bond donors (Lipinski definition) is 4. The maximum atomic E-state index is 10.9. The molecule has 2 aromatic rings. The molecule has 7 heteroatoms. The van der Waals surface area contributed by atoms with E-state index in [0.717, 1.165) is 12.1 Å². The van der Waals surface area contributed by atoms with Crippen molar-refractivity contribution in [3.05, 3.63) is 48.0 Å². The molecule has 0 aliphatic heterocycles. The predicted octanol–water partition coefficient (Wildman–Crippen LogP) is 1.64. The van der Waals surface area contributed by atoms with Crippen molar-refractivity contribution in [3.8, 4) is 0 Å². The number of aromatic amines is 1. The molecule has 1 aromatic heterocycles. The number of rotatable bonds is 5. The quantitative estimate of drug-likeness (QED) is 0.626. The summed E-state index contributed by atoms with van der Waals surface area (Å²) in [7, 11) is 0. The average molecular weight is 290 g/mol. The molecule has 0 radical (unpaired) electrons. The third-order valence-electron chi connectivity index (χ3n) is 2.60. The first kappa shape index (κ1) is 14.0. The van der Waals surface area contributed by atoms with E-state index in [4.69, 9.17) is 17.3 Å². The zero-order chi connectivity index (χ0) is 14.4. The number of anilines is 1. The maximum Gasteiger partial charge on any atom is 0.335 e. The monoisotopic (exact) mass is 290 g/mol. The summed E-state index contributed by atoms with van der Waals surface area (Å²) in [5.41, 5.74) is 1.88. The number of hydrogen-bond acceptors (Lipinski definition) is 3. The van der Waals surface area contributed by atoms with Crippen LogP contribution < -0.4 is 10.6 Å². The molecular weight excluding hydrogens is 276 g/mol. The van der Waals surface area contributed by atoms with Crippen molar-refractivity contribution in [2.75, 3.05) is 11.9 Å². The lowest BCUT2D eigenvalue weighted by molar-refractivity contribution is 0.0697. The van der Waals surface area contributed by atoms with E-state index in [1.165, 1.54) is 12.1 Å². The molecule has 1 heterocycles. The third kappa shape index (κ3) is 4.06. The molecule has 2 rings (SSSR count). The number of imidazole rings is 1. The Morgan fingerprint density at radius 3 is 3.00 bits per heavy atom. The van der Waals surface area contributed by atoms with Crippen LogP contribution in [0.5, 0.6) is 0 Å². The lowest BCUT2D eigenvalue weighted by atomic mass is 10.2. The molecule has 6 nitrogen and oxygen atoms in total. The molecule has 0 fully saturated rings. The summed E-state index contributed by atoms with van der Waals surface area (Å²) in [6, 6.07) is 6.49. The van der Waals surface area contributed by atoms with E-state index < -0.39 is 5.97 Å². The van der Waals surface area contributed by atoms with Gasteiger partial charge in [0.2, 0.25) is 0 Å². The molecule has 0 aliphatic rings. The van der Waals surface area contributed by atoms with Crippen LogP contribution in [0, 0.1) is 0 Å². The lowest BCUT2D eigenvalue weighted by Crippen LogP contribution is -2.30. The summed E-state index contributed by atoms with van der Waals surface area (Å²) >= 11 is 5.14. The SMILES string of the molecule is O=C(O)c1cccc(NC(=S)NCCc2cnc[nH]2)c1. The minimum atomic E-state index is -0.966. The molecule has 20 heavy (non-hydrogen) atoms. The smallest absolute Gasteiger partial charge is 0.335 e. The maximum absolute atomic E-state index is 10.9. The molecule has 0 amide bonds. The molecule has 0 unspecified atom stereocenters. The topological polar surface area (TPSA) is 90.0 Å². The van der Waals surface area contributed by atoms with Crippen LogP contribution in [0.4, 0.5) is 5.69 Å². The highest BCUT2D eigenvalue weighted by Gasteiger charge is 2.04. The van der Waals surface area contributed by atoms with Crippen molar-refractivity contribution in [3.63, 3.8) is 0 Å². The number of thiocarbonyl (C=S) groups is 1. The Morgan fingerprint density at radius 2 is 2.30 bits per heavy atom. The Morgan fingerprint density at radius 1 is 1.45 bits per heavy atom. The molecular formula is C13H14N4O2S. The van der Waals surface area contributed by atoms with Gasteiger partial charge in [0.25, 0.3) is 0 Å².